The number of aryl methyl sites for hydroxylation is 2. The number of hydrogen-bond acceptors (Lipinski definition) is 2. The number of rotatable bonds is 6. The van der Waals surface area contributed by atoms with Gasteiger partial charge in [0.25, 0.3) is 0 Å². The van der Waals surface area contributed by atoms with E-state index in [1.807, 2.05) is 0 Å². The fraction of sp³-hybridized carbons (Fsp3) is 0.174. The summed E-state index contributed by atoms with van der Waals surface area (Å²) < 4.78 is 38.0. The molecule has 1 N–H and O–H groups in total. The molecule has 0 aliphatic heterocycles. The van der Waals surface area contributed by atoms with E-state index in [4.69, 9.17) is 23.2 Å². The molecule has 0 spiro atoms. The molecule has 0 bridgehead atoms. The summed E-state index contributed by atoms with van der Waals surface area (Å²) in [5.41, 5.74) is 2.18. The number of phenols is 1. The van der Waals surface area contributed by atoms with Gasteiger partial charge in [-0.05, 0) is 72.4 Å². The average Bonchev–Trinajstić information content (AvgIpc) is 2.71. The van der Waals surface area contributed by atoms with E-state index in [1.165, 1.54) is 12.1 Å². The number of alkyl halides is 3. The van der Waals surface area contributed by atoms with Gasteiger partial charge >= 0.3 is 6.18 Å². The van der Waals surface area contributed by atoms with Gasteiger partial charge in [-0.3, -0.25) is 4.79 Å². The van der Waals surface area contributed by atoms with E-state index in [1.54, 1.807) is 30.3 Å². The molecular weight excluding hydrogens is 436 g/mol. The highest BCUT2D eigenvalue weighted by Crippen LogP contribution is 2.36. The van der Waals surface area contributed by atoms with E-state index in [-0.39, 0.29) is 11.3 Å². The number of aromatic hydroxyl groups is 1. The second-order valence-electron chi connectivity index (χ2n) is 6.88. The monoisotopic (exact) mass is 452 g/mol. The van der Waals surface area contributed by atoms with Crippen molar-refractivity contribution >= 4 is 29.5 Å². The van der Waals surface area contributed by atoms with Crippen molar-refractivity contribution in [3.05, 3.63) is 86.9 Å². The molecule has 0 aliphatic carbocycles. The van der Waals surface area contributed by atoms with Crippen molar-refractivity contribution in [1.82, 2.24) is 0 Å². The molecule has 0 amide bonds. The summed E-state index contributed by atoms with van der Waals surface area (Å²) in [5, 5.41) is 11.1. The lowest BCUT2D eigenvalue weighted by Gasteiger charge is -2.12. The molecule has 0 aliphatic rings. The number of aldehydes is 1. The topological polar surface area (TPSA) is 37.3 Å². The van der Waals surface area contributed by atoms with Crippen LogP contribution in [0.4, 0.5) is 13.2 Å². The third-order valence-electron chi connectivity index (χ3n) is 4.77. The van der Waals surface area contributed by atoms with Gasteiger partial charge in [-0.1, -0.05) is 41.4 Å². The van der Waals surface area contributed by atoms with Crippen LogP contribution in [-0.2, 0) is 19.0 Å². The summed E-state index contributed by atoms with van der Waals surface area (Å²) in [5.74, 6) is -0.144. The minimum atomic E-state index is -4.35. The number of hydrogen-bond donors (Lipinski definition) is 1. The zero-order chi connectivity index (χ0) is 21.9. The number of benzene rings is 3. The molecule has 0 aromatic heterocycles. The summed E-state index contributed by atoms with van der Waals surface area (Å²) in [4.78, 5) is 11.4. The third kappa shape index (κ3) is 5.15. The van der Waals surface area contributed by atoms with Crippen molar-refractivity contribution in [2.75, 3.05) is 0 Å². The van der Waals surface area contributed by atoms with Crippen molar-refractivity contribution in [1.29, 1.82) is 0 Å². The van der Waals surface area contributed by atoms with Gasteiger partial charge in [0.2, 0.25) is 0 Å². The Hall–Kier alpha value is -2.50. The van der Waals surface area contributed by atoms with Gasteiger partial charge in [-0.25, -0.2) is 0 Å². The van der Waals surface area contributed by atoms with Crippen molar-refractivity contribution < 1.29 is 23.1 Å². The Labute approximate surface area is 181 Å². The maximum Gasteiger partial charge on any atom is 0.416 e. The average molecular weight is 453 g/mol. The second kappa shape index (κ2) is 9.11. The Balaban J connectivity index is 1.77. The molecule has 30 heavy (non-hydrogen) atoms. The zero-order valence-electron chi connectivity index (χ0n) is 15.6. The number of carbonyl (C=O) groups excluding carboxylic acids is 1. The van der Waals surface area contributed by atoms with Crippen molar-refractivity contribution in [3.63, 3.8) is 0 Å². The highest BCUT2D eigenvalue weighted by atomic mass is 35.5. The predicted octanol–water partition coefficient (Wildman–Crippen LogP) is 7.37. The fourth-order valence-corrected chi connectivity index (χ4v) is 3.49. The van der Waals surface area contributed by atoms with Gasteiger partial charge in [0.15, 0.2) is 6.29 Å². The smallest absolute Gasteiger partial charge is 0.416 e. The quantitative estimate of drug-likeness (QED) is 0.396. The first-order valence-electron chi connectivity index (χ1n) is 9.11. The van der Waals surface area contributed by atoms with Crippen LogP contribution in [0.3, 0.4) is 0 Å². The predicted molar refractivity (Wildman–Crippen MR) is 112 cm³/mol. The Kier molecular flexibility index (Phi) is 6.74. The van der Waals surface area contributed by atoms with Crippen LogP contribution in [0.5, 0.6) is 5.75 Å². The standard InChI is InChI=1S/C23H17Cl2F3O2/c24-20-9-6-16(12-21(20)25)19-11-15(10-17(13-29)22(19)30)3-1-2-14-4-7-18(8-5-14)23(26,27)28/h4-13,30H,1-3H2. The van der Waals surface area contributed by atoms with Crippen LogP contribution < -0.4 is 0 Å². The Morgan fingerprint density at radius 3 is 2.13 bits per heavy atom. The van der Waals surface area contributed by atoms with E-state index in [2.05, 4.69) is 0 Å². The van der Waals surface area contributed by atoms with E-state index in [9.17, 15) is 23.1 Å². The zero-order valence-corrected chi connectivity index (χ0v) is 17.2. The van der Waals surface area contributed by atoms with E-state index < -0.39 is 11.7 Å². The van der Waals surface area contributed by atoms with Crippen molar-refractivity contribution in [3.8, 4) is 16.9 Å². The molecule has 7 heteroatoms. The van der Waals surface area contributed by atoms with Crippen LogP contribution >= 0.6 is 23.2 Å². The lowest BCUT2D eigenvalue weighted by molar-refractivity contribution is -0.137. The van der Waals surface area contributed by atoms with Crippen molar-refractivity contribution in [2.24, 2.45) is 0 Å². The molecule has 3 aromatic rings. The Bertz CT molecular complexity index is 1060. The Morgan fingerprint density at radius 2 is 1.53 bits per heavy atom. The van der Waals surface area contributed by atoms with Gasteiger partial charge in [0.1, 0.15) is 5.75 Å². The van der Waals surface area contributed by atoms with Gasteiger partial charge in [0, 0.05) is 5.56 Å². The molecular formula is C23H17Cl2F3O2. The van der Waals surface area contributed by atoms with Crippen LogP contribution in [-0.4, -0.2) is 11.4 Å². The summed E-state index contributed by atoms with van der Waals surface area (Å²) in [7, 11) is 0. The largest absolute Gasteiger partial charge is 0.507 e. The minimum absolute atomic E-state index is 0.144. The first-order valence-corrected chi connectivity index (χ1v) is 9.87. The highest BCUT2D eigenvalue weighted by molar-refractivity contribution is 6.42. The molecule has 0 radical (unpaired) electrons. The van der Waals surface area contributed by atoms with E-state index in [0.717, 1.165) is 23.3 Å². The molecule has 0 heterocycles. The van der Waals surface area contributed by atoms with Crippen LogP contribution in [0.15, 0.2) is 54.6 Å². The van der Waals surface area contributed by atoms with Crippen LogP contribution in [0, 0.1) is 0 Å². The normalized spacial score (nSPS) is 11.5. The van der Waals surface area contributed by atoms with Gasteiger partial charge in [-0.2, -0.15) is 13.2 Å². The van der Waals surface area contributed by atoms with Gasteiger partial charge in [0.05, 0.1) is 21.2 Å². The Morgan fingerprint density at radius 1 is 0.867 bits per heavy atom. The lowest BCUT2D eigenvalue weighted by atomic mass is 9.95. The van der Waals surface area contributed by atoms with Gasteiger partial charge in [-0.15, -0.1) is 0 Å². The van der Waals surface area contributed by atoms with E-state index >= 15 is 0 Å². The van der Waals surface area contributed by atoms with Gasteiger partial charge < -0.3 is 5.11 Å². The summed E-state index contributed by atoms with van der Waals surface area (Å²) in [6.45, 7) is 0. The molecule has 156 valence electrons. The summed E-state index contributed by atoms with van der Waals surface area (Å²) in [6, 6.07) is 13.4. The van der Waals surface area contributed by atoms with Crippen LogP contribution in [0.1, 0.15) is 33.5 Å². The second-order valence-corrected chi connectivity index (χ2v) is 7.69. The third-order valence-corrected chi connectivity index (χ3v) is 5.51. The summed E-state index contributed by atoms with van der Waals surface area (Å²) >= 11 is 12.0. The molecule has 2 nitrogen and oxygen atoms in total. The maximum absolute atomic E-state index is 12.7. The van der Waals surface area contributed by atoms with Crippen LogP contribution in [0.25, 0.3) is 11.1 Å². The first kappa shape index (κ1) is 22.2. The molecule has 0 saturated heterocycles. The summed E-state index contributed by atoms with van der Waals surface area (Å²) in [6.07, 6.45) is -1.95. The molecule has 0 unspecified atom stereocenters. The highest BCUT2D eigenvalue weighted by Gasteiger charge is 2.29. The molecule has 0 atom stereocenters. The number of carbonyl (C=O) groups is 1. The SMILES string of the molecule is O=Cc1cc(CCCc2ccc(C(F)(F)F)cc2)cc(-c2ccc(Cl)c(Cl)c2)c1O. The first-order chi connectivity index (χ1) is 14.2. The lowest BCUT2D eigenvalue weighted by Crippen LogP contribution is -2.04. The molecule has 3 aromatic carbocycles. The molecule has 0 fully saturated rings. The number of phenolic OH excluding ortho intramolecular Hbond substituents is 1. The molecule has 3 rings (SSSR count). The van der Waals surface area contributed by atoms with E-state index in [0.29, 0.717) is 46.7 Å². The number of halogens is 5. The van der Waals surface area contributed by atoms with Crippen LogP contribution in [0.2, 0.25) is 10.0 Å². The fourth-order valence-electron chi connectivity index (χ4n) is 3.19. The maximum atomic E-state index is 12.7. The minimum Gasteiger partial charge on any atom is -0.507 e. The molecule has 0 saturated carbocycles. The van der Waals surface area contributed by atoms with Crippen molar-refractivity contribution in [2.45, 2.75) is 25.4 Å².